The predicted octanol–water partition coefficient (Wildman–Crippen LogP) is 9.41. The standard InChI is InChI=1S/C30H58O5/c1-3-5-7-9-11-13-15-17-19-21-23-25-29(31)33-27-28-34-35-30(32)26-24-22-20-18-16-14-12-10-8-6-4-2/h3-28H2,1-2H3. The third-order valence-electron chi connectivity index (χ3n) is 6.55. The lowest BCUT2D eigenvalue weighted by molar-refractivity contribution is -0.275. The van der Waals surface area contributed by atoms with E-state index in [0.717, 1.165) is 25.7 Å². The van der Waals surface area contributed by atoms with E-state index in [-0.39, 0.29) is 25.2 Å². The van der Waals surface area contributed by atoms with Crippen molar-refractivity contribution in [3.8, 4) is 0 Å². The third kappa shape index (κ3) is 29.0. The number of carbonyl (C=O) groups is 2. The van der Waals surface area contributed by atoms with Crippen LogP contribution in [0.25, 0.3) is 0 Å². The largest absolute Gasteiger partial charge is 0.463 e. The molecule has 0 aliphatic rings. The quantitative estimate of drug-likeness (QED) is 0.0465. The predicted molar refractivity (Wildman–Crippen MR) is 145 cm³/mol. The van der Waals surface area contributed by atoms with E-state index in [4.69, 9.17) is 14.5 Å². The van der Waals surface area contributed by atoms with Crippen molar-refractivity contribution in [1.29, 1.82) is 0 Å². The van der Waals surface area contributed by atoms with Crippen molar-refractivity contribution in [2.24, 2.45) is 0 Å². The van der Waals surface area contributed by atoms with E-state index in [0.29, 0.717) is 12.8 Å². The summed E-state index contributed by atoms with van der Waals surface area (Å²) in [5, 5.41) is 0. The van der Waals surface area contributed by atoms with Crippen molar-refractivity contribution in [3.05, 3.63) is 0 Å². The fraction of sp³-hybridized carbons (Fsp3) is 0.933. The van der Waals surface area contributed by atoms with Crippen molar-refractivity contribution < 1.29 is 24.1 Å². The van der Waals surface area contributed by atoms with E-state index < -0.39 is 0 Å². The number of carbonyl (C=O) groups excluding carboxylic acids is 2. The zero-order valence-corrected chi connectivity index (χ0v) is 23.4. The second kappa shape index (κ2) is 29.1. The molecule has 0 spiro atoms. The van der Waals surface area contributed by atoms with Crippen LogP contribution in [-0.4, -0.2) is 25.2 Å². The van der Waals surface area contributed by atoms with Gasteiger partial charge in [0.2, 0.25) is 0 Å². The summed E-state index contributed by atoms with van der Waals surface area (Å²) in [6.45, 7) is 4.72. The summed E-state index contributed by atoms with van der Waals surface area (Å²) in [7, 11) is 0. The smallest absolute Gasteiger partial charge is 0.342 e. The Balaban J connectivity index is 3.27. The fourth-order valence-electron chi connectivity index (χ4n) is 4.28. The topological polar surface area (TPSA) is 61.8 Å². The SMILES string of the molecule is CCCCCCCCCCCCCC(=O)OCCOOC(=O)CCCCCCCCCCCCC. The molecule has 0 unspecified atom stereocenters. The number of hydrogen-bond acceptors (Lipinski definition) is 5. The lowest BCUT2D eigenvalue weighted by Gasteiger charge is -2.06. The van der Waals surface area contributed by atoms with Crippen LogP contribution in [-0.2, 0) is 24.1 Å². The highest BCUT2D eigenvalue weighted by atomic mass is 17.2. The first-order valence-electron chi connectivity index (χ1n) is 15.2. The van der Waals surface area contributed by atoms with Crippen LogP contribution >= 0.6 is 0 Å². The molecular formula is C30H58O5. The molecule has 0 aliphatic carbocycles. The fourth-order valence-corrected chi connectivity index (χ4v) is 4.28. The second-order valence-corrected chi connectivity index (χ2v) is 10.1. The zero-order valence-electron chi connectivity index (χ0n) is 23.4. The first kappa shape index (κ1) is 33.9. The first-order valence-corrected chi connectivity index (χ1v) is 15.2. The molecule has 0 aromatic rings. The van der Waals surface area contributed by atoms with Crippen LogP contribution in [0.1, 0.15) is 168 Å². The van der Waals surface area contributed by atoms with E-state index in [1.807, 2.05) is 0 Å². The van der Waals surface area contributed by atoms with Gasteiger partial charge in [-0.2, -0.15) is 4.89 Å². The molecule has 0 N–H and O–H groups in total. The van der Waals surface area contributed by atoms with Gasteiger partial charge >= 0.3 is 11.9 Å². The Morgan fingerprint density at radius 1 is 0.429 bits per heavy atom. The van der Waals surface area contributed by atoms with Gasteiger partial charge in [0, 0.05) is 12.8 Å². The van der Waals surface area contributed by atoms with Crippen molar-refractivity contribution in [2.75, 3.05) is 13.2 Å². The van der Waals surface area contributed by atoms with Gasteiger partial charge < -0.3 is 4.74 Å². The van der Waals surface area contributed by atoms with Gasteiger partial charge in [-0.05, 0) is 12.8 Å². The Hall–Kier alpha value is -1.10. The van der Waals surface area contributed by atoms with Crippen molar-refractivity contribution in [2.45, 2.75) is 168 Å². The maximum atomic E-state index is 11.7. The van der Waals surface area contributed by atoms with Crippen LogP contribution in [0.5, 0.6) is 0 Å². The highest BCUT2D eigenvalue weighted by Gasteiger charge is 2.06. The van der Waals surface area contributed by atoms with Gasteiger partial charge in [0.1, 0.15) is 13.2 Å². The van der Waals surface area contributed by atoms with E-state index >= 15 is 0 Å². The summed E-state index contributed by atoms with van der Waals surface area (Å²) in [4.78, 5) is 33.1. The van der Waals surface area contributed by atoms with E-state index in [1.165, 1.54) is 116 Å². The number of esters is 1. The molecule has 35 heavy (non-hydrogen) atoms. The molecule has 0 fully saturated rings. The number of rotatable bonds is 28. The Kier molecular flexibility index (Phi) is 28.2. The van der Waals surface area contributed by atoms with Gasteiger partial charge in [-0.25, -0.2) is 4.79 Å². The average molecular weight is 499 g/mol. The summed E-state index contributed by atoms with van der Waals surface area (Å²) < 4.78 is 5.13. The van der Waals surface area contributed by atoms with Crippen LogP contribution in [0.2, 0.25) is 0 Å². The number of ether oxygens (including phenoxy) is 1. The van der Waals surface area contributed by atoms with Gasteiger partial charge in [-0.3, -0.25) is 9.68 Å². The lowest BCUT2D eigenvalue weighted by Crippen LogP contribution is -2.13. The molecular weight excluding hydrogens is 440 g/mol. The second-order valence-electron chi connectivity index (χ2n) is 10.1. The van der Waals surface area contributed by atoms with Gasteiger partial charge in [0.25, 0.3) is 0 Å². The lowest BCUT2D eigenvalue weighted by atomic mass is 10.1. The molecule has 0 rings (SSSR count). The molecule has 0 amide bonds. The molecule has 0 aliphatic heterocycles. The summed E-state index contributed by atoms with van der Waals surface area (Å²) in [6.07, 6.45) is 28.5. The van der Waals surface area contributed by atoms with Gasteiger partial charge in [-0.15, -0.1) is 0 Å². The highest BCUT2D eigenvalue weighted by Crippen LogP contribution is 2.13. The first-order chi connectivity index (χ1) is 17.2. The van der Waals surface area contributed by atoms with Gasteiger partial charge in [-0.1, -0.05) is 142 Å². The Morgan fingerprint density at radius 3 is 1.17 bits per heavy atom. The third-order valence-corrected chi connectivity index (χ3v) is 6.55. The Bertz CT molecular complexity index is 412. The molecule has 5 heteroatoms. The number of unbranched alkanes of at least 4 members (excludes halogenated alkanes) is 20. The average Bonchev–Trinajstić information content (AvgIpc) is 2.85. The molecule has 0 heterocycles. The van der Waals surface area contributed by atoms with E-state index in [9.17, 15) is 9.59 Å². The minimum atomic E-state index is -0.340. The van der Waals surface area contributed by atoms with Crippen LogP contribution < -0.4 is 0 Å². The van der Waals surface area contributed by atoms with Crippen LogP contribution in [0, 0.1) is 0 Å². The van der Waals surface area contributed by atoms with Crippen LogP contribution in [0.15, 0.2) is 0 Å². The highest BCUT2D eigenvalue weighted by molar-refractivity contribution is 5.69. The number of hydrogen-bond donors (Lipinski definition) is 0. The van der Waals surface area contributed by atoms with Crippen molar-refractivity contribution in [3.63, 3.8) is 0 Å². The maximum absolute atomic E-state index is 11.7. The molecule has 208 valence electrons. The van der Waals surface area contributed by atoms with Crippen LogP contribution in [0.3, 0.4) is 0 Å². The monoisotopic (exact) mass is 498 g/mol. The maximum Gasteiger partial charge on any atom is 0.342 e. The molecule has 0 saturated heterocycles. The van der Waals surface area contributed by atoms with Crippen molar-refractivity contribution >= 4 is 11.9 Å². The Morgan fingerprint density at radius 2 is 0.771 bits per heavy atom. The molecule has 5 nitrogen and oxygen atoms in total. The zero-order chi connectivity index (χ0) is 25.7. The summed E-state index contributed by atoms with van der Waals surface area (Å²) >= 11 is 0. The van der Waals surface area contributed by atoms with Crippen molar-refractivity contribution in [1.82, 2.24) is 0 Å². The van der Waals surface area contributed by atoms with E-state index in [2.05, 4.69) is 13.8 Å². The minimum Gasteiger partial charge on any atom is -0.463 e. The molecule has 0 atom stereocenters. The van der Waals surface area contributed by atoms with Gasteiger partial charge in [0.15, 0.2) is 0 Å². The summed E-state index contributed by atoms with van der Waals surface area (Å²) in [5.74, 6) is -0.537. The molecule has 0 radical (unpaired) electrons. The van der Waals surface area contributed by atoms with E-state index in [1.54, 1.807) is 0 Å². The molecule has 0 saturated carbocycles. The van der Waals surface area contributed by atoms with Crippen LogP contribution in [0.4, 0.5) is 0 Å². The molecule has 0 aromatic carbocycles. The van der Waals surface area contributed by atoms with Gasteiger partial charge in [0.05, 0.1) is 0 Å². The summed E-state index contributed by atoms with van der Waals surface area (Å²) in [6, 6.07) is 0. The molecule has 0 bridgehead atoms. The summed E-state index contributed by atoms with van der Waals surface area (Å²) in [5.41, 5.74) is 0. The minimum absolute atomic E-state index is 0.0913. The molecule has 0 aromatic heterocycles. The Labute approximate surface area is 217 Å². The normalized spacial score (nSPS) is 11.0.